The average Bonchev–Trinajstić information content (AvgIpc) is 2.39. The van der Waals surface area contributed by atoms with Crippen molar-refractivity contribution in [3.05, 3.63) is 41.0 Å². The van der Waals surface area contributed by atoms with Gasteiger partial charge in [0, 0.05) is 16.7 Å². The van der Waals surface area contributed by atoms with E-state index in [4.69, 9.17) is 4.74 Å². The van der Waals surface area contributed by atoms with E-state index in [1.807, 2.05) is 32.9 Å². The monoisotopic (exact) mass is 258 g/mol. The van der Waals surface area contributed by atoms with E-state index in [0.29, 0.717) is 23.3 Å². The van der Waals surface area contributed by atoms with Crippen LogP contribution in [0.1, 0.15) is 49.5 Å². The second-order valence-electron chi connectivity index (χ2n) is 4.93. The number of ether oxygens (including phenoxy) is 1. The fourth-order valence-electron chi connectivity index (χ4n) is 2.25. The lowest BCUT2D eigenvalue weighted by Gasteiger charge is -2.23. The number of rotatable bonds is 4. The van der Waals surface area contributed by atoms with Gasteiger partial charge in [-0.3, -0.25) is 9.59 Å². The van der Waals surface area contributed by atoms with Gasteiger partial charge in [0.1, 0.15) is 5.76 Å². The zero-order valence-electron chi connectivity index (χ0n) is 11.5. The van der Waals surface area contributed by atoms with Crippen molar-refractivity contribution < 1.29 is 14.3 Å². The molecule has 0 N–H and O–H groups in total. The van der Waals surface area contributed by atoms with Crippen LogP contribution in [0.4, 0.5) is 0 Å². The Morgan fingerprint density at radius 1 is 1.05 bits per heavy atom. The quantitative estimate of drug-likeness (QED) is 0.777. The minimum absolute atomic E-state index is 0.0316. The molecule has 0 aromatic heterocycles. The van der Waals surface area contributed by atoms with Crippen LogP contribution in [0.2, 0.25) is 0 Å². The van der Waals surface area contributed by atoms with Gasteiger partial charge < -0.3 is 4.74 Å². The number of fused-ring (bicyclic) bond motifs is 1. The first-order chi connectivity index (χ1) is 9.06. The van der Waals surface area contributed by atoms with Gasteiger partial charge in [0.15, 0.2) is 0 Å². The smallest absolute Gasteiger partial charge is 0.234 e. The summed E-state index contributed by atoms with van der Waals surface area (Å²) < 4.78 is 5.81. The Balaban J connectivity index is 2.62. The first kappa shape index (κ1) is 13.5. The predicted octanol–water partition coefficient (Wildman–Crippen LogP) is 3.39. The highest BCUT2D eigenvalue weighted by Crippen LogP contribution is 2.33. The Labute approximate surface area is 113 Å². The van der Waals surface area contributed by atoms with E-state index in [2.05, 4.69) is 0 Å². The number of ketones is 2. The van der Waals surface area contributed by atoms with Gasteiger partial charge in [-0.05, 0) is 20.3 Å². The van der Waals surface area contributed by atoms with Crippen molar-refractivity contribution in [1.29, 1.82) is 0 Å². The summed E-state index contributed by atoms with van der Waals surface area (Å²) in [5.74, 6) is -0.261. The molecule has 0 saturated heterocycles. The van der Waals surface area contributed by atoms with E-state index in [1.165, 1.54) is 0 Å². The van der Waals surface area contributed by atoms with Crippen molar-refractivity contribution in [3.63, 3.8) is 0 Å². The molecular formula is C16H18O3. The van der Waals surface area contributed by atoms with Gasteiger partial charge in [0.2, 0.25) is 11.6 Å². The van der Waals surface area contributed by atoms with Gasteiger partial charge in [-0.15, -0.1) is 0 Å². The predicted molar refractivity (Wildman–Crippen MR) is 73.8 cm³/mol. The highest BCUT2D eigenvalue weighted by Gasteiger charge is 2.33. The number of Topliss-reactive ketones (excluding diaryl/α,β-unsaturated/α-hetero) is 2. The molecule has 1 aromatic rings. The van der Waals surface area contributed by atoms with E-state index in [1.54, 1.807) is 12.1 Å². The van der Waals surface area contributed by atoms with Gasteiger partial charge in [0.25, 0.3) is 0 Å². The minimum Gasteiger partial charge on any atom is -0.490 e. The molecule has 0 fully saturated rings. The second-order valence-corrected chi connectivity index (χ2v) is 4.93. The Hall–Kier alpha value is -1.90. The van der Waals surface area contributed by atoms with E-state index in [0.717, 1.165) is 12.0 Å². The standard InChI is InChI=1S/C16H18O3/c1-4-7-13-15(18)14(17)11-8-5-6-9-12(11)16(13)19-10(2)3/h5-6,8-10H,4,7H2,1-3H3. The molecule has 1 aliphatic carbocycles. The highest BCUT2D eigenvalue weighted by atomic mass is 16.5. The number of carbonyl (C=O) groups is 2. The van der Waals surface area contributed by atoms with Crippen LogP contribution in [0, 0.1) is 0 Å². The van der Waals surface area contributed by atoms with E-state index in [9.17, 15) is 9.59 Å². The van der Waals surface area contributed by atoms with Crippen LogP contribution in [0.25, 0.3) is 5.76 Å². The zero-order chi connectivity index (χ0) is 14.0. The molecular weight excluding hydrogens is 240 g/mol. The summed E-state index contributed by atoms with van der Waals surface area (Å²) in [7, 11) is 0. The lowest BCUT2D eigenvalue weighted by atomic mass is 9.86. The first-order valence-electron chi connectivity index (χ1n) is 6.64. The molecule has 3 heteroatoms. The molecule has 0 radical (unpaired) electrons. The van der Waals surface area contributed by atoms with E-state index in [-0.39, 0.29) is 6.10 Å². The van der Waals surface area contributed by atoms with Crippen molar-refractivity contribution in [1.82, 2.24) is 0 Å². The maximum absolute atomic E-state index is 12.2. The van der Waals surface area contributed by atoms with Crippen LogP contribution in [0.5, 0.6) is 0 Å². The van der Waals surface area contributed by atoms with Crippen molar-refractivity contribution in [2.24, 2.45) is 0 Å². The summed E-state index contributed by atoms with van der Waals surface area (Å²) >= 11 is 0. The second kappa shape index (κ2) is 5.39. The molecule has 0 bridgehead atoms. The molecule has 2 rings (SSSR count). The van der Waals surface area contributed by atoms with Crippen molar-refractivity contribution >= 4 is 17.3 Å². The first-order valence-corrected chi connectivity index (χ1v) is 6.64. The number of hydrogen-bond donors (Lipinski definition) is 0. The fraction of sp³-hybridized carbons (Fsp3) is 0.375. The van der Waals surface area contributed by atoms with Crippen LogP contribution in [-0.2, 0) is 9.53 Å². The van der Waals surface area contributed by atoms with Gasteiger partial charge in [-0.2, -0.15) is 0 Å². The van der Waals surface area contributed by atoms with Gasteiger partial charge >= 0.3 is 0 Å². The molecule has 0 spiro atoms. The number of carbonyl (C=O) groups excluding carboxylic acids is 2. The summed E-state index contributed by atoms with van der Waals surface area (Å²) in [6.45, 7) is 5.82. The lowest BCUT2D eigenvalue weighted by Crippen LogP contribution is -2.25. The van der Waals surface area contributed by atoms with Crippen LogP contribution >= 0.6 is 0 Å². The van der Waals surface area contributed by atoms with Gasteiger partial charge in [0.05, 0.1) is 6.10 Å². The molecule has 0 aliphatic heterocycles. The zero-order valence-corrected chi connectivity index (χ0v) is 11.5. The molecule has 0 atom stereocenters. The fourth-order valence-corrected chi connectivity index (χ4v) is 2.25. The molecule has 3 nitrogen and oxygen atoms in total. The van der Waals surface area contributed by atoms with Crippen LogP contribution < -0.4 is 0 Å². The van der Waals surface area contributed by atoms with Crippen LogP contribution in [-0.4, -0.2) is 17.7 Å². The molecule has 0 unspecified atom stereocenters. The van der Waals surface area contributed by atoms with Crippen LogP contribution in [0.3, 0.4) is 0 Å². The lowest BCUT2D eigenvalue weighted by molar-refractivity contribution is -0.112. The molecule has 0 saturated carbocycles. The molecule has 1 aromatic carbocycles. The summed E-state index contributed by atoms with van der Waals surface area (Å²) in [5.41, 5.74) is 1.70. The summed E-state index contributed by atoms with van der Waals surface area (Å²) in [6, 6.07) is 7.14. The number of allylic oxidation sites excluding steroid dienone is 1. The van der Waals surface area contributed by atoms with Gasteiger partial charge in [-0.25, -0.2) is 0 Å². The third-order valence-electron chi connectivity index (χ3n) is 3.02. The minimum atomic E-state index is -0.421. The molecule has 100 valence electrons. The summed E-state index contributed by atoms with van der Waals surface area (Å²) in [4.78, 5) is 24.3. The van der Waals surface area contributed by atoms with Crippen LogP contribution in [0.15, 0.2) is 29.8 Å². The van der Waals surface area contributed by atoms with Crippen molar-refractivity contribution in [3.8, 4) is 0 Å². The Kier molecular flexibility index (Phi) is 3.84. The topological polar surface area (TPSA) is 43.4 Å². The maximum Gasteiger partial charge on any atom is 0.234 e. The molecule has 1 aliphatic rings. The molecule has 0 heterocycles. The largest absolute Gasteiger partial charge is 0.490 e. The molecule has 0 amide bonds. The number of benzene rings is 1. The summed E-state index contributed by atoms with van der Waals surface area (Å²) in [6.07, 6.45) is 1.35. The average molecular weight is 258 g/mol. The van der Waals surface area contributed by atoms with Gasteiger partial charge in [-0.1, -0.05) is 37.6 Å². The SMILES string of the molecule is CCCC1=C(OC(C)C)c2ccccc2C(=O)C1=O. The van der Waals surface area contributed by atoms with E-state index >= 15 is 0 Å². The Bertz CT molecular complexity index is 553. The normalized spacial score (nSPS) is 14.9. The van der Waals surface area contributed by atoms with Crippen molar-refractivity contribution in [2.75, 3.05) is 0 Å². The third-order valence-corrected chi connectivity index (χ3v) is 3.02. The molecule has 19 heavy (non-hydrogen) atoms. The number of hydrogen-bond acceptors (Lipinski definition) is 3. The Morgan fingerprint density at radius 3 is 2.26 bits per heavy atom. The summed E-state index contributed by atoms with van der Waals surface area (Å²) in [5, 5.41) is 0. The van der Waals surface area contributed by atoms with E-state index < -0.39 is 11.6 Å². The highest BCUT2D eigenvalue weighted by molar-refractivity contribution is 6.52. The Morgan fingerprint density at radius 2 is 1.68 bits per heavy atom. The maximum atomic E-state index is 12.2. The third kappa shape index (κ3) is 2.46. The van der Waals surface area contributed by atoms with Crippen molar-refractivity contribution in [2.45, 2.75) is 39.7 Å².